The highest BCUT2D eigenvalue weighted by molar-refractivity contribution is 7.90. The van der Waals surface area contributed by atoms with Gasteiger partial charge in [-0.1, -0.05) is 20.8 Å². The molecule has 0 aromatic rings. The molecule has 0 aliphatic rings. The van der Waals surface area contributed by atoms with Crippen LogP contribution in [-0.4, -0.2) is 31.1 Å². The topological polar surface area (TPSA) is 54.4 Å². The molecule has 0 rings (SSSR count). The number of rotatable bonds is 5. The summed E-state index contributed by atoms with van der Waals surface area (Å²) in [5.41, 5.74) is -0.830. The standard InChI is InChI=1S/C9H20O3S/c1-5-9(10,8(2)3)6-7-13(4,11)12/h8,10H,5-7H2,1-4H3. The van der Waals surface area contributed by atoms with Crippen molar-refractivity contribution >= 4 is 9.84 Å². The molecule has 13 heavy (non-hydrogen) atoms. The van der Waals surface area contributed by atoms with Crippen molar-refractivity contribution in [2.24, 2.45) is 5.92 Å². The van der Waals surface area contributed by atoms with Crippen LogP contribution < -0.4 is 0 Å². The average Bonchev–Trinajstić information content (AvgIpc) is 1.98. The lowest BCUT2D eigenvalue weighted by molar-refractivity contribution is -0.0114. The highest BCUT2D eigenvalue weighted by Gasteiger charge is 2.29. The Morgan fingerprint density at radius 2 is 1.85 bits per heavy atom. The molecule has 0 bridgehead atoms. The smallest absolute Gasteiger partial charge is 0.147 e. The van der Waals surface area contributed by atoms with Crippen LogP contribution in [0.2, 0.25) is 0 Å². The van der Waals surface area contributed by atoms with Crippen LogP contribution in [-0.2, 0) is 9.84 Å². The second kappa shape index (κ2) is 4.42. The molecular formula is C9H20O3S. The lowest BCUT2D eigenvalue weighted by Crippen LogP contribution is -2.36. The maximum atomic E-state index is 10.9. The minimum atomic E-state index is -2.96. The summed E-state index contributed by atoms with van der Waals surface area (Å²) in [6.07, 6.45) is 2.13. The van der Waals surface area contributed by atoms with Crippen molar-refractivity contribution in [2.75, 3.05) is 12.0 Å². The summed E-state index contributed by atoms with van der Waals surface area (Å²) in [5, 5.41) is 10.00. The highest BCUT2D eigenvalue weighted by Crippen LogP contribution is 2.25. The van der Waals surface area contributed by atoms with Crippen molar-refractivity contribution in [1.82, 2.24) is 0 Å². The Kier molecular flexibility index (Phi) is 4.39. The van der Waals surface area contributed by atoms with Gasteiger partial charge in [0.1, 0.15) is 9.84 Å². The Bertz CT molecular complexity index is 244. The maximum absolute atomic E-state index is 10.9. The molecule has 4 heteroatoms. The van der Waals surface area contributed by atoms with Crippen molar-refractivity contribution in [3.05, 3.63) is 0 Å². The zero-order valence-corrected chi connectivity index (χ0v) is 9.69. The van der Waals surface area contributed by atoms with Gasteiger partial charge >= 0.3 is 0 Å². The van der Waals surface area contributed by atoms with Crippen LogP contribution in [0.1, 0.15) is 33.6 Å². The van der Waals surface area contributed by atoms with Crippen LogP contribution in [0, 0.1) is 5.92 Å². The quantitative estimate of drug-likeness (QED) is 0.739. The van der Waals surface area contributed by atoms with Gasteiger partial charge in [-0.25, -0.2) is 8.42 Å². The molecule has 0 saturated heterocycles. The molecule has 0 aromatic heterocycles. The summed E-state index contributed by atoms with van der Waals surface area (Å²) in [6.45, 7) is 5.69. The summed E-state index contributed by atoms with van der Waals surface area (Å²) in [7, 11) is -2.96. The first kappa shape index (κ1) is 12.9. The molecule has 0 amide bonds. The zero-order chi connectivity index (χ0) is 10.7. The number of sulfone groups is 1. The van der Waals surface area contributed by atoms with Crippen LogP contribution in [0.25, 0.3) is 0 Å². The van der Waals surface area contributed by atoms with Crippen molar-refractivity contribution in [3.63, 3.8) is 0 Å². The Morgan fingerprint density at radius 1 is 1.38 bits per heavy atom. The number of hydrogen-bond acceptors (Lipinski definition) is 3. The molecule has 1 unspecified atom stereocenters. The molecular weight excluding hydrogens is 188 g/mol. The third-order valence-electron chi connectivity index (χ3n) is 2.59. The van der Waals surface area contributed by atoms with E-state index in [1.54, 1.807) is 0 Å². The van der Waals surface area contributed by atoms with E-state index >= 15 is 0 Å². The van der Waals surface area contributed by atoms with Gasteiger partial charge in [-0.2, -0.15) is 0 Å². The van der Waals surface area contributed by atoms with Gasteiger partial charge in [0.15, 0.2) is 0 Å². The Morgan fingerprint density at radius 3 is 2.08 bits per heavy atom. The van der Waals surface area contributed by atoms with E-state index < -0.39 is 15.4 Å². The van der Waals surface area contributed by atoms with Gasteiger partial charge in [0.2, 0.25) is 0 Å². The lowest BCUT2D eigenvalue weighted by Gasteiger charge is -2.30. The monoisotopic (exact) mass is 208 g/mol. The van der Waals surface area contributed by atoms with Crippen molar-refractivity contribution in [1.29, 1.82) is 0 Å². The second-order valence-corrected chi connectivity index (χ2v) is 6.25. The van der Waals surface area contributed by atoms with E-state index in [1.807, 2.05) is 20.8 Å². The van der Waals surface area contributed by atoms with E-state index in [9.17, 15) is 13.5 Å². The molecule has 0 radical (unpaired) electrons. The number of aliphatic hydroxyl groups is 1. The fourth-order valence-electron chi connectivity index (χ4n) is 1.24. The van der Waals surface area contributed by atoms with Gasteiger partial charge in [0.25, 0.3) is 0 Å². The molecule has 1 atom stereocenters. The third-order valence-corrected chi connectivity index (χ3v) is 3.54. The predicted molar refractivity (Wildman–Crippen MR) is 54.4 cm³/mol. The van der Waals surface area contributed by atoms with Gasteiger partial charge in [-0.3, -0.25) is 0 Å². The first-order valence-corrected chi connectivity index (χ1v) is 6.67. The van der Waals surface area contributed by atoms with E-state index in [-0.39, 0.29) is 11.7 Å². The Balaban J connectivity index is 4.30. The lowest BCUT2D eigenvalue weighted by atomic mass is 9.85. The zero-order valence-electron chi connectivity index (χ0n) is 8.87. The summed E-state index contributed by atoms with van der Waals surface area (Å²) >= 11 is 0. The molecule has 0 saturated carbocycles. The summed E-state index contributed by atoms with van der Waals surface area (Å²) in [5.74, 6) is 0.162. The van der Waals surface area contributed by atoms with Crippen LogP contribution in [0.4, 0.5) is 0 Å². The van der Waals surface area contributed by atoms with Crippen molar-refractivity contribution in [2.45, 2.75) is 39.2 Å². The first-order chi connectivity index (χ1) is 5.71. The minimum Gasteiger partial charge on any atom is -0.390 e. The highest BCUT2D eigenvalue weighted by atomic mass is 32.2. The molecule has 3 nitrogen and oxygen atoms in total. The van der Waals surface area contributed by atoms with Gasteiger partial charge in [0, 0.05) is 6.26 Å². The van der Waals surface area contributed by atoms with Crippen molar-refractivity contribution in [3.8, 4) is 0 Å². The van der Waals surface area contributed by atoms with Crippen LogP contribution in [0.3, 0.4) is 0 Å². The molecule has 0 aromatic carbocycles. The van der Waals surface area contributed by atoms with E-state index in [0.717, 1.165) is 0 Å². The molecule has 1 N–H and O–H groups in total. The average molecular weight is 208 g/mol. The van der Waals surface area contributed by atoms with Crippen LogP contribution >= 0.6 is 0 Å². The van der Waals surface area contributed by atoms with Crippen LogP contribution in [0.15, 0.2) is 0 Å². The maximum Gasteiger partial charge on any atom is 0.147 e. The summed E-state index contributed by atoms with van der Waals surface area (Å²) in [4.78, 5) is 0. The predicted octanol–water partition coefficient (Wildman–Crippen LogP) is 1.22. The fraction of sp³-hybridized carbons (Fsp3) is 1.00. The Labute approximate surface area is 81.1 Å². The van der Waals surface area contributed by atoms with E-state index in [1.165, 1.54) is 6.26 Å². The third kappa shape index (κ3) is 4.62. The summed E-state index contributed by atoms with van der Waals surface area (Å²) < 4.78 is 21.8. The molecule has 0 fully saturated rings. The van der Waals surface area contributed by atoms with Crippen LogP contribution in [0.5, 0.6) is 0 Å². The molecule has 0 aliphatic heterocycles. The number of hydrogen-bond donors (Lipinski definition) is 1. The Hall–Kier alpha value is -0.0900. The largest absolute Gasteiger partial charge is 0.390 e. The van der Waals surface area contributed by atoms with Gasteiger partial charge in [-0.15, -0.1) is 0 Å². The summed E-state index contributed by atoms with van der Waals surface area (Å²) in [6, 6.07) is 0. The molecule has 80 valence electrons. The van der Waals surface area contributed by atoms with Gasteiger partial charge in [-0.05, 0) is 18.8 Å². The second-order valence-electron chi connectivity index (χ2n) is 3.99. The SMILES string of the molecule is CCC(O)(CCS(C)(=O)=O)C(C)C. The van der Waals surface area contributed by atoms with E-state index in [0.29, 0.717) is 12.8 Å². The van der Waals surface area contributed by atoms with Gasteiger partial charge in [0.05, 0.1) is 11.4 Å². The first-order valence-electron chi connectivity index (χ1n) is 4.61. The van der Waals surface area contributed by atoms with E-state index in [4.69, 9.17) is 0 Å². The van der Waals surface area contributed by atoms with E-state index in [2.05, 4.69) is 0 Å². The van der Waals surface area contributed by atoms with Gasteiger partial charge < -0.3 is 5.11 Å². The molecule has 0 heterocycles. The van der Waals surface area contributed by atoms with Crippen molar-refractivity contribution < 1.29 is 13.5 Å². The molecule has 0 aliphatic carbocycles. The fourth-order valence-corrected chi connectivity index (χ4v) is 1.96. The normalized spacial score (nSPS) is 17.4. The minimum absolute atomic E-state index is 0.0650. The molecule has 0 spiro atoms.